The summed E-state index contributed by atoms with van der Waals surface area (Å²) in [5.41, 5.74) is 7.08. The molecule has 9 nitrogen and oxygen atoms in total. The van der Waals surface area contributed by atoms with Gasteiger partial charge in [-0.25, -0.2) is 4.79 Å². The number of aliphatic carboxylic acids is 1. The van der Waals surface area contributed by atoms with E-state index in [4.69, 9.17) is 23.1 Å². The highest BCUT2D eigenvalue weighted by Crippen LogP contribution is 2.16. The number of carboxylic acids is 1. The third-order valence-corrected chi connectivity index (χ3v) is 3.81. The lowest BCUT2D eigenvalue weighted by molar-refractivity contribution is -0.141. The van der Waals surface area contributed by atoms with Crippen LogP contribution in [0.25, 0.3) is 0 Å². The predicted octanol–water partition coefficient (Wildman–Crippen LogP) is 0.340. The summed E-state index contributed by atoms with van der Waals surface area (Å²) in [4.78, 5) is 34.9. The van der Waals surface area contributed by atoms with Crippen LogP contribution in [0.1, 0.15) is 12.8 Å². The van der Waals surface area contributed by atoms with E-state index in [0.29, 0.717) is 40.8 Å². The lowest BCUT2D eigenvalue weighted by atomic mass is 10.1. The number of hydrogen-bond acceptors (Lipinski definition) is 5. The molecule has 0 radical (unpaired) electrons. The largest absolute Gasteiger partial charge is 0.480 e. The van der Waals surface area contributed by atoms with Crippen molar-refractivity contribution < 1.29 is 19.5 Å². The minimum absolute atomic E-state index is 0.379. The van der Waals surface area contributed by atoms with Crippen LogP contribution in [0.3, 0.4) is 0 Å². The molecule has 0 aromatic heterocycles. The highest BCUT2D eigenvalue weighted by molar-refractivity contribution is 7.80. The number of nitrogens with two attached hydrogens (primary N) is 1. The van der Waals surface area contributed by atoms with Crippen molar-refractivity contribution in [2.24, 2.45) is 0 Å². The minimum atomic E-state index is -1.23. The van der Waals surface area contributed by atoms with Crippen molar-refractivity contribution in [1.29, 1.82) is 0 Å². The van der Waals surface area contributed by atoms with E-state index in [9.17, 15) is 14.4 Å². The van der Waals surface area contributed by atoms with E-state index in [1.807, 2.05) is 12.1 Å². The number of imide groups is 1. The number of para-hydroxylation sites is 2. The third-order valence-electron chi connectivity index (χ3n) is 3.56. The number of hydrogen-bond donors (Lipinski definition) is 5. The lowest BCUT2D eigenvalue weighted by Crippen LogP contribution is -2.36. The summed E-state index contributed by atoms with van der Waals surface area (Å²) in [6.07, 6.45) is 0.938. The Balaban J connectivity index is 1.72. The van der Waals surface area contributed by atoms with E-state index in [2.05, 4.69) is 16.0 Å². The molecule has 1 fully saturated rings. The summed E-state index contributed by atoms with van der Waals surface area (Å²) in [7, 11) is 0. The molecule has 1 heterocycles. The molecule has 1 unspecified atom stereocenters. The molecule has 0 saturated carbocycles. The molecule has 1 aromatic carbocycles. The minimum Gasteiger partial charge on any atom is -0.480 e. The highest BCUT2D eigenvalue weighted by atomic mass is 32.1. The fraction of sp³-hybridized carbons (Fsp3) is 0.333. The number of nitrogen functional groups attached to an aromatic ring is 1. The van der Waals surface area contributed by atoms with Crippen LogP contribution >= 0.6 is 12.2 Å². The van der Waals surface area contributed by atoms with Crippen LogP contribution in [-0.4, -0.2) is 52.2 Å². The molecule has 1 saturated heterocycles. The number of anilines is 2. The average Bonchev–Trinajstić information content (AvgIpc) is 2.81. The van der Waals surface area contributed by atoms with Gasteiger partial charge in [-0.3, -0.25) is 14.5 Å². The van der Waals surface area contributed by atoms with Gasteiger partial charge in [0.1, 0.15) is 12.6 Å². The van der Waals surface area contributed by atoms with Gasteiger partial charge in [-0.15, -0.1) is 0 Å². The molecule has 1 aromatic rings. The Morgan fingerprint density at radius 3 is 2.76 bits per heavy atom. The number of rotatable bonds is 7. The maximum Gasteiger partial charge on any atom is 0.325 e. The normalized spacial score (nSPS) is 16.5. The zero-order valence-corrected chi connectivity index (χ0v) is 14.1. The number of thiocarbonyl (C=S) groups is 1. The van der Waals surface area contributed by atoms with Crippen molar-refractivity contribution in [3.63, 3.8) is 0 Å². The van der Waals surface area contributed by atoms with E-state index in [-0.39, 0.29) is 0 Å². The van der Waals surface area contributed by atoms with Crippen LogP contribution < -0.4 is 21.7 Å². The molecule has 10 heteroatoms. The van der Waals surface area contributed by atoms with Crippen molar-refractivity contribution in [2.45, 2.75) is 18.9 Å². The Bertz CT molecular complexity index is 696. The fourth-order valence-corrected chi connectivity index (χ4v) is 2.55. The van der Waals surface area contributed by atoms with E-state index in [1.165, 1.54) is 0 Å². The molecular weight excluding hydrogens is 346 g/mol. The fourth-order valence-electron chi connectivity index (χ4n) is 2.34. The third kappa shape index (κ3) is 5.05. The zero-order valence-electron chi connectivity index (χ0n) is 13.3. The first-order valence-corrected chi connectivity index (χ1v) is 8.02. The Morgan fingerprint density at radius 2 is 2.08 bits per heavy atom. The van der Waals surface area contributed by atoms with Crippen LogP contribution in [0, 0.1) is 0 Å². The average molecular weight is 365 g/mol. The van der Waals surface area contributed by atoms with E-state index in [1.54, 1.807) is 12.1 Å². The van der Waals surface area contributed by atoms with Crippen LogP contribution in [0.15, 0.2) is 24.3 Å². The number of nitrogens with zero attached hydrogens (tertiary/aromatic N) is 1. The van der Waals surface area contributed by atoms with Gasteiger partial charge in [0.15, 0.2) is 5.11 Å². The molecule has 6 N–H and O–H groups in total. The van der Waals surface area contributed by atoms with Gasteiger partial charge in [0.2, 0.25) is 0 Å². The first-order valence-electron chi connectivity index (χ1n) is 7.61. The number of carbonyl (C=O) groups excluding carboxylic acids is 2. The lowest BCUT2D eigenvalue weighted by Gasteiger charge is -2.13. The first kappa shape index (κ1) is 18.5. The summed E-state index contributed by atoms with van der Waals surface area (Å²) >= 11 is 5.16. The number of urea groups is 1. The molecule has 1 aliphatic rings. The molecule has 2 rings (SSSR count). The molecule has 0 bridgehead atoms. The van der Waals surface area contributed by atoms with Gasteiger partial charge in [0, 0.05) is 6.54 Å². The smallest absolute Gasteiger partial charge is 0.325 e. The summed E-state index contributed by atoms with van der Waals surface area (Å²) in [5, 5.41) is 17.5. The number of nitrogens with one attached hydrogen (secondary N) is 3. The van der Waals surface area contributed by atoms with Gasteiger partial charge >= 0.3 is 12.0 Å². The summed E-state index contributed by atoms with van der Waals surface area (Å²) in [5.74, 6) is -1.76. The molecule has 25 heavy (non-hydrogen) atoms. The Morgan fingerprint density at radius 1 is 1.36 bits per heavy atom. The van der Waals surface area contributed by atoms with Crippen molar-refractivity contribution in [2.75, 3.05) is 24.1 Å². The highest BCUT2D eigenvalue weighted by Gasteiger charge is 2.38. The van der Waals surface area contributed by atoms with Gasteiger partial charge in [-0.2, -0.15) is 0 Å². The molecule has 1 atom stereocenters. The van der Waals surface area contributed by atoms with Crippen molar-refractivity contribution in [1.82, 2.24) is 15.5 Å². The van der Waals surface area contributed by atoms with Crippen molar-refractivity contribution in [3.8, 4) is 0 Å². The molecule has 134 valence electrons. The van der Waals surface area contributed by atoms with E-state index >= 15 is 0 Å². The first-order chi connectivity index (χ1) is 11.9. The van der Waals surface area contributed by atoms with Gasteiger partial charge in [-0.05, 0) is 37.2 Å². The summed E-state index contributed by atoms with van der Waals surface area (Å²) in [6, 6.07) is 5.81. The summed E-state index contributed by atoms with van der Waals surface area (Å²) in [6.45, 7) is -0.150. The molecule has 1 aliphatic heterocycles. The SMILES string of the molecule is Nc1ccccc1NC(=S)NCCCC1NC(=O)N(CC(=O)O)C1=O. The van der Waals surface area contributed by atoms with Gasteiger partial charge in [0.05, 0.1) is 11.4 Å². The van der Waals surface area contributed by atoms with Crippen LogP contribution in [-0.2, 0) is 9.59 Å². The monoisotopic (exact) mass is 365 g/mol. The predicted molar refractivity (Wildman–Crippen MR) is 96.0 cm³/mol. The number of benzene rings is 1. The van der Waals surface area contributed by atoms with E-state index in [0.717, 1.165) is 0 Å². The van der Waals surface area contributed by atoms with Crippen LogP contribution in [0.4, 0.5) is 16.2 Å². The van der Waals surface area contributed by atoms with E-state index < -0.39 is 30.5 Å². The van der Waals surface area contributed by atoms with Crippen LogP contribution in [0.2, 0.25) is 0 Å². The Kier molecular flexibility index (Phi) is 6.12. The summed E-state index contributed by atoms with van der Waals surface area (Å²) < 4.78 is 0. The second kappa shape index (κ2) is 8.29. The van der Waals surface area contributed by atoms with Crippen molar-refractivity contribution >= 4 is 46.6 Å². The number of carbonyl (C=O) groups is 3. The maximum absolute atomic E-state index is 12.0. The molecule has 0 spiro atoms. The number of amides is 3. The quantitative estimate of drug-likeness (QED) is 0.202. The van der Waals surface area contributed by atoms with Crippen molar-refractivity contribution in [3.05, 3.63) is 24.3 Å². The standard InChI is InChI=1S/C15H19N5O4S/c16-9-4-1-2-5-10(9)18-14(25)17-7-3-6-11-13(23)20(8-12(21)22)15(24)19-11/h1-2,4-5,11H,3,6-8,16H2,(H,19,24)(H,21,22)(H2,17,18,25). The Hall–Kier alpha value is -2.88. The Labute approximate surface area is 149 Å². The van der Waals surface area contributed by atoms with Crippen LogP contribution in [0.5, 0.6) is 0 Å². The second-order valence-electron chi connectivity index (χ2n) is 5.43. The van der Waals surface area contributed by atoms with Gasteiger partial charge in [-0.1, -0.05) is 12.1 Å². The topological polar surface area (TPSA) is 137 Å². The molecule has 3 amide bonds. The number of carboxylic acid groups (broad SMARTS) is 1. The molecule has 0 aliphatic carbocycles. The van der Waals surface area contributed by atoms with Gasteiger partial charge < -0.3 is 26.8 Å². The zero-order chi connectivity index (χ0) is 18.4. The maximum atomic E-state index is 12.0. The van der Waals surface area contributed by atoms with Gasteiger partial charge in [0.25, 0.3) is 5.91 Å². The molecular formula is C15H19N5O4S. The second-order valence-corrected chi connectivity index (χ2v) is 5.84.